The molecule has 1 aromatic rings. The van der Waals surface area contributed by atoms with Gasteiger partial charge >= 0.3 is 0 Å². The maximum atomic E-state index is 13.1. The number of nitrogens with zero attached hydrogens (tertiary/aromatic N) is 3. The molecule has 0 radical (unpaired) electrons. The molecule has 0 bridgehead atoms. The molecule has 2 amide bonds. The van der Waals surface area contributed by atoms with Crippen molar-refractivity contribution in [2.45, 2.75) is 43.6 Å². The minimum Gasteiger partial charge on any atom is -0.368 e. The zero-order valence-electron chi connectivity index (χ0n) is 13.1. The Kier molecular flexibility index (Phi) is 4.10. The first kappa shape index (κ1) is 16.5. The third-order valence-electron chi connectivity index (χ3n) is 4.57. The lowest BCUT2D eigenvalue weighted by atomic mass is 9.81. The average molecular weight is 339 g/mol. The topological polar surface area (TPSA) is 101 Å². The molecule has 0 atom stereocenters. The molecule has 2 aliphatic rings. The van der Waals surface area contributed by atoms with Crippen molar-refractivity contribution in [1.82, 2.24) is 15.3 Å². The monoisotopic (exact) mass is 339 g/mol. The van der Waals surface area contributed by atoms with Crippen molar-refractivity contribution in [2.75, 3.05) is 18.0 Å². The van der Waals surface area contributed by atoms with E-state index in [0.717, 1.165) is 19.3 Å². The first-order valence-electron chi connectivity index (χ1n) is 7.89. The van der Waals surface area contributed by atoms with Gasteiger partial charge in [0.25, 0.3) is 11.8 Å². The highest BCUT2D eigenvalue weighted by molar-refractivity contribution is 6.00. The lowest BCUT2D eigenvalue weighted by molar-refractivity contribution is -0.125. The summed E-state index contributed by atoms with van der Waals surface area (Å²) < 4.78 is 26.2. The number of hydrogen-bond donors (Lipinski definition) is 2. The van der Waals surface area contributed by atoms with E-state index >= 15 is 0 Å². The fourth-order valence-corrected chi connectivity index (χ4v) is 3.25. The highest BCUT2D eigenvalue weighted by Gasteiger charge is 2.46. The number of anilines is 1. The molecule has 7 nitrogen and oxygen atoms in total. The van der Waals surface area contributed by atoms with Gasteiger partial charge in [-0.1, -0.05) is 19.3 Å². The van der Waals surface area contributed by atoms with Crippen LogP contribution in [0.25, 0.3) is 0 Å². The molecule has 0 unspecified atom stereocenters. The number of carbonyl (C=O) groups excluding carboxylic acids is 2. The number of nitrogens with one attached hydrogen (secondary N) is 1. The molecule has 0 aromatic carbocycles. The number of halogens is 2. The van der Waals surface area contributed by atoms with E-state index in [1.807, 2.05) is 0 Å². The number of carbonyl (C=O) groups is 2. The summed E-state index contributed by atoms with van der Waals surface area (Å²) in [4.78, 5) is 33.8. The lowest BCUT2D eigenvalue weighted by Crippen LogP contribution is -2.59. The summed E-state index contributed by atoms with van der Waals surface area (Å²) in [6.07, 6.45) is 6.13. The maximum Gasteiger partial charge on any atom is 0.282 e. The van der Waals surface area contributed by atoms with Gasteiger partial charge in [-0.15, -0.1) is 0 Å². The third-order valence-corrected chi connectivity index (χ3v) is 4.57. The smallest absolute Gasteiger partial charge is 0.282 e. The summed E-state index contributed by atoms with van der Waals surface area (Å²) in [6.45, 7) is -1.01. The van der Waals surface area contributed by atoms with E-state index in [1.165, 1.54) is 17.3 Å². The van der Waals surface area contributed by atoms with E-state index in [2.05, 4.69) is 15.3 Å². The standard InChI is InChI=1S/C15H19F2N5O2/c16-15(17)8-22(9-15)11-10(19-6-7-20-11)12(23)21-14(13(18)24)4-2-1-3-5-14/h6-7H,1-5,8-9H2,(H2,18,24)(H,21,23). The Bertz CT molecular complexity index is 653. The van der Waals surface area contributed by atoms with Crippen molar-refractivity contribution in [2.24, 2.45) is 5.73 Å². The molecule has 2 heterocycles. The van der Waals surface area contributed by atoms with E-state index < -0.39 is 36.4 Å². The van der Waals surface area contributed by atoms with E-state index in [9.17, 15) is 18.4 Å². The quantitative estimate of drug-likeness (QED) is 0.847. The summed E-state index contributed by atoms with van der Waals surface area (Å²) in [5.74, 6) is -3.90. The van der Waals surface area contributed by atoms with Gasteiger partial charge in [-0.3, -0.25) is 9.59 Å². The predicted octanol–water partition coefficient (Wildman–Crippen LogP) is 0.850. The van der Waals surface area contributed by atoms with E-state index in [1.54, 1.807) is 0 Å². The van der Waals surface area contributed by atoms with Crippen LogP contribution in [0, 0.1) is 0 Å². The molecule has 2 fully saturated rings. The Morgan fingerprint density at radius 3 is 2.33 bits per heavy atom. The minimum atomic E-state index is -2.79. The largest absolute Gasteiger partial charge is 0.368 e. The molecule has 1 saturated carbocycles. The molecule has 3 N–H and O–H groups in total. The predicted molar refractivity (Wildman–Crippen MR) is 81.7 cm³/mol. The zero-order chi connectivity index (χ0) is 17.4. The van der Waals surface area contributed by atoms with Crippen molar-refractivity contribution in [3.05, 3.63) is 18.1 Å². The van der Waals surface area contributed by atoms with Crippen LogP contribution in [0.2, 0.25) is 0 Å². The van der Waals surface area contributed by atoms with Crippen LogP contribution in [0.5, 0.6) is 0 Å². The Morgan fingerprint density at radius 1 is 1.12 bits per heavy atom. The van der Waals surface area contributed by atoms with Gasteiger partial charge in [0.05, 0.1) is 13.1 Å². The minimum absolute atomic E-state index is 0.0702. The van der Waals surface area contributed by atoms with Gasteiger partial charge in [0, 0.05) is 12.4 Å². The second kappa shape index (κ2) is 5.95. The Hall–Kier alpha value is -2.32. The molecule has 0 spiro atoms. The molecule has 3 rings (SSSR count). The van der Waals surface area contributed by atoms with Crippen LogP contribution in [0.3, 0.4) is 0 Å². The second-order valence-corrected chi connectivity index (χ2v) is 6.40. The summed E-state index contributed by atoms with van der Waals surface area (Å²) in [5, 5.41) is 2.68. The fourth-order valence-electron chi connectivity index (χ4n) is 3.25. The number of hydrogen-bond acceptors (Lipinski definition) is 5. The van der Waals surface area contributed by atoms with Crippen molar-refractivity contribution in [3.63, 3.8) is 0 Å². The van der Waals surface area contributed by atoms with Gasteiger partial charge < -0.3 is 16.0 Å². The average Bonchev–Trinajstić information content (AvgIpc) is 2.53. The van der Waals surface area contributed by atoms with Crippen LogP contribution < -0.4 is 16.0 Å². The van der Waals surface area contributed by atoms with Gasteiger partial charge in [0.15, 0.2) is 11.5 Å². The SMILES string of the molecule is NC(=O)C1(NC(=O)c2nccnc2N2CC(F)(F)C2)CCCCC1. The van der Waals surface area contributed by atoms with Crippen molar-refractivity contribution < 1.29 is 18.4 Å². The van der Waals surface area contributed by atoms with Crippen LogP contribution in [0.15, 0.2) is 12.4 Å². The van der Waals surface area contributed by atoms with E-state index in [4.69, 9.17) is 5.73 Å². The molecule has 9 heteroatoms. The Labute approximate surface area is 137 Å². The number of primary amides is 1. The summed E-state index contributed by atoms with van der Waals surface area (Å²) >= 11 is 0. The van der Waals surface area contributed by atoms with Crippen LogP contribution >= 0.6 is 0 Å². The Morgan fingerprint density at radius 2 is 1.75 bits per heavy atom. The molecule has 1 aliphatic carbocycles. The first-order chi connectivity index (χ1) is 11.3. The van der Waals surface area contributed by atoms with Crippen molar-refractivity contribution >= 4 is 17.6 Å². The van der Waals surface area contributed by atoms with Crippen LogP contribution in [-0.4, -0.2) is 46.3 Å². The van der Waals surface area contributed by atoms with Crippen LogP contribution in [0.4, 0.5) is 14.6 Å². The second-order valence-electron chi connectivity index (χ2n) is 6.40. The third kappa shape index (κ3) is 3.02. The Balaban J connectivity index is 1.81. The first-order valence-corrected chi connectivity index (χ1v) is 7.89. The molecule has 1 saturated heterocycles. The molecular formula is C15H19F2N5O2. The lowest BCUT2D eigenvalue weighted by Gasteiger charge is -2.40. The molecular weight excluding hydrogens is 320 g/mol. The van der Waals surface area contributed by atoms with Crippen molar-refractivity contribution in [3.8, 4) is 0 Å². The van der Waals surface area contributed by atoms with Gasteiger partial charge in [-0.25, -0.2) is 18.7 Å². The fraction of sp³-hybridized carbons (Fsp3) is 0.600. The highest BCUT2D eigenvalue weighted by Crippen LogP contribution is 2.33. The van der Waals surface area contributed by atoms with Gasteiger partial charge in [0.2, 0.25) is 5.91 Å². The zero-order valence-corrected chi connectivity index (χ0v) is 13.1. The van der Waals surface area contributed by atoms with Gasteiger partial charge in [-0.2, -0.15) is 0 Å². The molecule has 130 valence electrons. The number of alkyl halides is 2. The number of nitrogens with two attached hydrogens (primary N) is 1. The molecule has 1 aliphatic heterocycles. The molecule has 1 aromatic heterocycles. The van der Waals surface area contributed by atoms with E-state index in [-0.39, 0.29) is 11.5 Å². The summed E-state index contributed by atoms with van der Waals surface area (Å²) in [7, 11) is 0. The normalized spacial score (nSPS) is 21.7. The summed E-state index contributed by atoms with van der Waals surface area (Å²) in [5.41, 5.74) is 4.32. The van der Waals surface area contributed by atoms with Gasteiger partial charge in [0.1, 0.15) is 5.54 Å². The van der Waals surface area contributed by atoms with Crippen LogP contribution in [-0.2, 0) is 4.79 Å². The van der Waals surface area contributed by atoms with Crippen molar-refractivity contribution in [1.29, 1.82) is 0 Å². The highest BCUT2D eigenvalue weighted by atomic mass is 19.3. The number of aromatic nitrogens is 2. The number of amides is 2. The summed E-state index contributed by atoms with van der Waals surface area (Å²) in [6, 6.07) is 0. The van der Waals surface area contributed by atoms with Gasteiger partial charge in [-0.05, 0) is 12.8 Å². The van der Waals surface area contributed by atoms with E-state index in [0.29, 0.717) is 12.8 Å². The number of rotatable bonds is 4. The molecule has 24 heavy (non-hydrogen) atoms. The maximum absolute atomic E-state index is 13.1. The van der Waals surface area contributed by atoms with Crippen LogP contribution in [0.1, 0.15) is 42.6 Å².